The lowest BCUT2D eigenvalue weighted by Gasteiger charge is -2.30. The number of anilines is 1. The van der Waals surface area contributed by atoms with Gasteiger partial charge in [0.2, 0.25) is 0 Å². The Bertz CT molecular complexity index is 973. The summed E-state index contributed by atoms with van der Waals surface area (Å²) in [5.74, 6) is 0.137. The summed E-state index contributed by atoms with van der Waals surface area (Å²) in [6.45, 7) is 1.83. The van der Waals surface area contributed by atoms with Crippen molar-refractivity contribution < 1.29 is 4.39 Å². The van der Waals surface area contributed by atoms with Crippen LogP contribution in [0, 0.1) is 17.1 Å². The summed E-state index contributed by atoms with van der Waals surface area (Å²) in [4.78, 5) is 9.82. The van der Waals surface area contributed by atoms with Crippen molar-refractivity contribution in [1.29, 1.82) is 5.26 Å². The fraction of sp³-hybridized carbons (Fsp3) is 0.238. The Morgan fingerprint density at radius 2 is 1.92 bits per heavy atom. The molecule has 0 amide bonds. The van der Waals surface area contributed by atoms with Crippen molar-refractivity contribution in [3.05, 3.63) is 59.7 Å². The van der Waals surface area contributed by atoms with E-state index in [-0.39, 0.29) is 5.82 Å². The van der Waals surface area contributed by atoms with Gasteiger partial charge in [0, 0.05) is 24.3 Å². The van der Waals surface area contributed by atoms with Crippen molar-refractivity contribution in [2.45, 2.75) is 19.3 Å². The highest BCUT2D eigenvalue weighted by Crippen LogP contribution is 2.30. The van der Waals surface area contributed by atoms with Crippen LogP contribution in [0.2, 0.25) is 0 Å². The van der Waals surface area contributed by atoms with Crippen LogP contribution in [0.1, 0.15) is 30.7 Å². The zero-order chi connectivity index (χ0) is 17.9. The third-order valence-corrected chi connectivity index (χ3v) is 4.78. The summed E-state index contributed by atoms with van der Waals surface area (Å²) in [5.41, 5.74) is 3.26. The number of imidazole rings is 1. The number of H-pyrrole nitrogens is 1. The van der Waals surface area contributed by atoms with Gasteiger partial charge in [0.05, 0.1) is 16.6 Å². The maximum Gasteiger partial charge on any atom is 0.149 e. The number of fused-ring (bicyclic) bond motifs is 1. The van der Waals surface area contributed by atoms with Gasteiger partial charge in [0.25, 0.3) is 0 Å². The number of rotatable bonds is 3. The van der Waals surface area contributed by atoms with Gasteiger partial charge in [-0.2, -0.15) is 5.26 Å². The summed E-state index contributed by atoms with van der Waals surface area (Å²) in [6.07, 6.45) is 5.03. The zero-order valence-electron chi connectivity index (χ0n) is 14.4. The molecule has 4 rings (SSSR count). The second-order valence-corrected chi connectivity index (χ2v) is 6.49. The van der Waals surface area contributed by atoms with Gasteiger partial charge in [-0.1, -0.05) is 18.2 Å². The Kier molecular flexibility index (Phi) is 4.40. The van der Waals surface area contributed by atoms with Crippen molar-refractivity contribution in [2.75, 3.05) is 18.0 Å². The van der Waals surface area contributed by atoms with Gasteiger partial charge >= 0.3 is 0 Å². The van der Waals surface area contributed by atoms with Crippen LogP contribution in [0.5, 0.6) is 0 Å². The number of halogens is 1. The molecular weight excluding hydrogens is 327 g/mol. The van der Waals surface area contributed by atoms with Gasteiger partial charge in [-0.25, -0.2) is 9.37 Å². The van der Waals surface area contributed by atoms with E-state index in [2.05, 4.69) is 20.9 Å². The highest BCUT2D eigenvalue weighted by atomic mass is 19.1. The number of hydrogen-bond donors (Lipinski definition) is 1. The molecule has 1 N–H and O–H groups in total. The molecule has 130 valence electrons. The lowest BCUT2D eigenvalue weighted by Crippen LogP contribution is -2.30. The average Bonchev–Trinajstić information content (AvgIpc) is 3.11. The molecule has 1 saturated heterocycles. The van der Waals surface area contributed by atoms with Crippen molar-refractivity contribution in [2.24, 2.45) is 0 Å². The van der Waals surface area contributed by atoms with E-state index in [1.807, 2.05) is 30.3 Å². The van der Waals surface area contributed by atoms with E-state index in [9.17, 15) is 9.65 Å². The number of piperidine rings is 1. The predicted molar refractivity (Wildman–Crippen MR) is 102 cm³/mol. The number of nitriles is 1. The van der Waals surface area contributed by atoms with Crippen molar-refractivity contribution in [1.82, 2.24) is 9.97 Å². The molecule has 0 bridgehead atoms. The highest BCUT2D eigenvalue weighted by molar-refractivity contribution is 5.92. The first-order chi connectivity index (χ1) is 12.8. The smallest absolute Gasteiger partial charge is 0.149 e. The molecule has 1 aliphatic heterocycles. The summed E-state index contributed by atoms with van der Waals surface area (Å²) in [6, 6.07) is 14.8. The standard InChI is InChI=1S/C21H19FN4/c22-17-7-6-10-20(26-11-4-1-5-12-26)16(17)13-15(14-23)21-24-18-8-2-3-9-19(18)25-21/h2-3,6-10,13H,1,4-5,11-12H2,(H,24,25). The third kappa shape index (κ3) is 3.06. The predicted octanol–water partition coefficient (Wildman–Crippen LogP) is 4.76. The van der Waals surface area contributed by atoms with Crippen LogP contribution in [0.25, 0.3) is 22.7 Å². The first-order valence-electron chi connectivity index (χ1n) is 8.86. The Labute approximate surface area is 151 Å². The average molecular weight is 346 g/mol. The van der Waals surface area contributed by atoms with Crippen LogP contribution in [0.4, 0.5) is 10.1 Å². The molecule has 3 aromatic rings. The van der Waals surface area contributed by atoms with E-state index in [4.69, 9.17) is 0 Å². The second kappa shape index (κ2) is 7.01. The minimum absolute atomic E-state index is 0.322. The highest BCUT2D eigenvalue weighted by Gasteiger charge is 2.17. The van der Waals surface area contributed by atoms with Crippen LogP contribution in [0.3, 0.4) is 0 Å². The molecule has 2 heterocycles. The number of aromatic amines is 1. The van der Waals surface area contributed by atoms with Gasteiger partial charge in [0.1, 0.15) is 17.7 Å². The summed E-state index contributed by atoms with van der Waals surface area (Å²) >= 11 is 0. The fourth-order valence-electron chi connectivity index (χ4n) is 3.46. The first-order valence-corrected chi connectivity index (χ1v) is 8.86. The number of para-hydroxylation sites is 2. The van der Waals surface area contributed by atoms with Crippen LogP contribution >= 0.6 is 0 Å². The number of aromatic nitrogens is 2. The van der Waals surface area contributed by atoms with E-state index in [1.54, 1.807) is 12.1 Å². The Morgan fingerprint density at radius 1 is 1.12 bits per heavy atom. The van der Waals surface area contributed by atoms with Crippen molar-refractivity contribution in [3.8, 4) is 6.07 Å². The van der Waals surface area contributed by atoms with Crippen molar-refractivity contribution in [3.63, 3.8) is 0 Å². The van der Waals surface area contributed by atoms with E-state index in [0.29, 0.717) is 17.0 Å². The number of nitrogens with one attached hydrogen (secondary N) is 1. The van der Waals surface area contributed by atoms with Gasteiger partial charge < -0.3 is 9.88 Å². The molecule has 0 aliphatic carbocycles. The number of nitrogens with zero attached hydrogens (tertiary/aromatic N) is 3. The molecular formula is C21H19FN4. The van der Waals surface area contributed by atoms with Gasteiger partial charge in [0.15, 0.2) is 0 Å². The van der Waals surface area contributed by atoms with E-state index in [1.165, 1.54) is 12.5 Å². The fourth-order valence-corrected chi connectivity index (χ4v) is 3.46. The van der Waals surface area contributed by atoms with Crippen LogP contribution < -0.4 is 4.90 Å². The summed E-state index contributed by atoms with van der Waals surface area (Å²) in [5, 5.41) is 9.64. The zero-order valence-corrected chi connectivity index (χ0v) is 14.4. The van der Waals surface area contributed by atoms with Crippen LogP contribution in [-0.2, 0) is 0 Å². The Morgan fingerprint density at radius 3 is 2.69 bits per heavy atom. The molecule has 4 nitrogen and oxygen atoms in total. The lowest BCUT2D eigenvalue weighted by atomic mass is 10.0. The van der Waals surface area contributed by atoms with Crippen molar-refractivity contribution >= 4 is 28.4 Å². The molecule has 2 aromatic carbocycles. The Hall–Kier alpha value is -3.13. The van der Waals surface area contributed by atoms with Crippen LogP contribution in [-0.4, -0.2) is 23.1 Å². The maximum absolute atomic E-state index is 14.6. The monoisotopic (exact) mass is 346 g/mol. The van der Waals surface area contributed by atoms with E-state index in [0.717, 1.165) is 42.7 Å². The largest absolute Gasteiger partial charge is 0.371 e. The topological polar surface area (TPSA) is 55.7 Å². The minimum Gasteiger partial charge on any atom is -0.371 e. The van der Waals surface area contributed by atoms with E-state index >= 15 is 0 Å². The molecule has 1 fully saturated rings. The number of benzene rings is 2. The first kappa shape index (κ1) is 16.3. The van der Waals surface area contributed by atoms with Gasteiger partial charge in [-0.3, -0.25) is 0 Å². The number of allylic oxidation sites excluding steroid dienone is 1. The SMILES string of the molecule is N#CC(=Cc1c(F)cccc1N1CCCCC1)c1nc2ccccc2[nH]1. The van der Waals surface area contributed by atoms with E-state index < -0.39 is 0 Å². The molecule has 0 spiro atoms. The van der Waals surface area contributed by atoms with Gasteiger partial charge in [-0.05, 0) is 49.6 Å². The molecule has 0 atom stereocenters. The normalized spacial score (nSPS) is 15.2. The molecule has 5 heteroatoms. The number of hydrogen-bond acceptors (Lipinski definition) is 3. The maximum atomic E-state index is 14.6. The summed E-state index contributed by atoms with van der Waals surface area (Å²) in [7, 11) is 0. The summed E-state index contributed by atoms with van der Waals surface area (Å²) < 4.78 is 14.6. The molecule has 0 radical (unpaired) electrons. The van der Waals surface area contributed by atoms with Crippen LogP contribution in [0.15, 0.2) is 42.5 Å². The lowest BCUT2D eigenvalue weighted by molar-refractivity contribution is 0.573. The minimum atomic E-state index is -0.322. The second-order valence-electron chi connectivity index (χ2n) is 6.49. The molecule has 1 aromatic heterocycles. The molecule has 1 aliphatic rings. The molecule has 0 saturated carbocycles. The molecule has 26 heavy (non-hydrogen) atoms. The van der Waals surface area contributed by atoms with Gasteiger partial charge in [-0.15, -0.1) is 0 Å². The molecule has 0 unspecified atom stereocenters. The third-order valence-electron chi connectivity index (χ3n) is 4.78. The Balaban J connectivity index is 1.79. The quantitative estimate of drug-likeness (QED) is 0.696.